The molecule has 0 aliphatic carbocycles. The van der Waals surface area contributed by atoms with Crippen LogP contribution in [0.5, 0.6) is 11.6 Å². The van der Waals surface area contributed by atoms with Crippen molar-refractivity contribution in [3.63, 3.8) is 0 Å². The van der Waals surface area contributed by atoms with Gasteiger partial charge in [0.15, 0.2) is 0 Å². The Hall–Kier alpha value is -3.14. The number of nitrogens with zero attached hydrogens (tertiary/aromatic N) is 1. The summed E-state index contributed by atoms with van der Waals surface area (Å²) in [4.78, 5) is 16.3. The summed E-state index contributed by atoms with van der Waals surface area (Å²) in [6.07, 6.45) is 2.05. The third-order valence-electron chi connectivity index (χ3n) is 3.74. The minimum Gasteiger partial charge on any atom is -0.439 e. The van der Waals surface area contributed by atoms with Crippen molar-refractivity contribution in [1.82, 2.24) is 10.3 Å². The van der Waals surface area contributed by atoms with Crippen molar-refractivity contribution in [2.75, 3.05) is 0 Å². The van der Waals surface area contributed by atoms with E-state index in [9.17, 15) is 4.79 Å². The fourth-order valence-electron chi connectivity index (χ4n) is 2.38. The van der Waals surface area contributed by atoms with Gasteiger partial charge in [0.2, 0.25) is 11.8 Å². The number of aryl methyl sites for hydroxylation is 1. The van der Waals surface area contributed by atoms with E-state index in [1.54, 1.807) is 6.20 Å². The largest absolute Gasteiger partial charge is 0.439 e. The van der Waals surface area contributed by atoms with Crippen molar-refractivity contribution >= 4 is 5.91 Å². The molecule has 0 unspecified atom stereocenters. The normalized spacial score (nSPS) is 10.3. The Bertz CT molecular complexity index is 830. The molecule has 4 heteroatoms. The smallest absolute Gasteiger partial charge is 0.224 e. The van der Waals surface area contributed by atoms with Crippen molar-refractivity contribution in [3.05, 3.63) is 89.6 Å². The van der Waals surface area contributed by atoms with Crippen LogP contribution in [0.1, 0.15) is 16.7 Å². The van der Waals surface area contributed by atoms with Crippen LogP contribution in [-0.4, -0.2) is 10.9 Å². The molecule has 3 rings (SSSR count). The third-order valence-corrected chi connectivity index (χ3v) is 3.74. The molecule has 0 aliphatic heterocycles. The van der Waals surface area contributed by atoms with Crippen molar-refractivity contribution in [2.24, 2.45) is 0 Å². The number of pyridine rings is 1. The van der Waals surface area contributed by atoms with Crippen molar-refractivity contribution < 1.29 is 9.53 Å². The lowest BCUT2D eigenvalue weighted by molar-refractivity contribution is -0.120. The van der Waals surface area contributed by atoms with Crippen molar-refractivity contribution in [2.45, 2.75) is 19.9 Å². The summed E-state index contributed by atoms with van der Waals surface area (Å²) in [5.74, 6) is 1.23. The number of amides is 1. The Kier molecular flexibility index (Phi) is 5.42. The highest BCUT2D eigenvalue weighted by Gasteiger charge is 2.05. The van der Waals surface area contributed by atoms with E-state index in [2.05, 4.69) is 10.3 Å². The van der Waals surface area contributed by atoms with Gasteiger partial charge in [-0.1, -0.05) is 48.0 Å². The van der Waals surface area contributed by atoms with Crippen LogP contribution in [-0.2, 0) is 17.8 Å². The predicted molar refractivity (Wildman–Crippen MR) is 97.5 cm³/mol. The lowest BCUT2D eigenvalue weighted by atomic mass is 10.1. The Balaban J connectivity index is 1.55. The second kappa shape index (κ2) is 8.11. The quantitative estimate of drug-likeness (QED) is 0.741. The number of nitrogens with one attached hydrogen (secondary N) is 1. The molecule has 0 atom stereocenters. The van der Waals surface area contributed by atoms with E-state index in [4.69, 9.17) is 4.74 Å². The average molecular weight is 332 g/mol. The molecule has 0 saturated heterocycles. The summed E-state index contributed by atoms with van der Waals surface area (Å²) in [5, 5.41) is 2.93. The van der Waals surface area contributed by atoms with E-state index in [1.165, 1.54) is 5.56 Å². The standard InChI is InChI=1S/C21H20N2O2/c1-16-7-9-17(10-8-16)13-20(24)23-15-18-11-12-22-21(14-18)25-19-5-3-2-4-6-19/h2-12,14H,13,15H2,1H3,(H,23,24). The number of benzene rings is 2. The number of rotatable bonds is 6. The second-order valence-electron chi connectivity index (χ2n) is 5.86. The van der Waals surface area contributed by atoms with Gasteiger partial charge in [-0.25, -0.2) is 4.98 Å². The van der Waals surface area contributed by atoms with Crippen LogP contribution >= 0.6 is 0 Å². The first-order valence-corrected chi connectivity index (χ1v) is 8.19. The van der Waals surface area contributed by atoms with E-state index in [1.807, 2.05) is 73.7 Å². The molecule has 0 radical (unpaired) electrons. The van der Waals surface area contributed by atoms with Crippen LogP contribution in [0, 0.1) is 6.92 Å². The molecule has 4 nitrogen and oxygen atoms in total. The Morgan fingerprint density at radius 2 is 1.76 bits per heavy atom. The molecule has 0 bridgehead atoms. The van der Waals surface area contributed by atoms with Crippen LogP contribution < -0.4 is 10.1 Å². The van der Waals surface area contributed by atoms with Gasteiger partial charge in [0, 0.05) is 18.8 Å². The monoisotopic (exact) mass is 332 g/mol. The summed E-state index contributed by atoms with van der Waals surface area (Å²) in [6, 6.07) is 21.2. The second-order valence-corrected chi connectivity index (χ2v) is 5.86. The van der Waals surface area contributed by atoms with Crippen LogP contribution in [0.3, 0.4) is 0 Å². The zero-order valence-corrected chi connectivity index (χ0v) is 14.1. The molecule has 25 heavy (non-hydrogen) atoms. The molecule has 1 aromatic heterocycles. The number of aromatic nitrogens is 1. The maximum absolute atomic E-state index is 12.1. The van der Waals surface area contributed by atoms with Gasteiger partial charge < -0.3 is 10.1 Å². The van der Waals surface area contributed by atoms with Gasteiger partial charge in [-0.05, 0) is 36.2 Å². The van der Waals surface area contributed by atoms with E-state index in [0.29, 0.717) is 18.8 Å². The highest BCUT2D eigenvalue weighted by Crippen LogP contribution is 2.19. The number of para-hydroxylation sites is 1. The Labute approximate surface area is 147 Å². The van der Waals surface area contributed by atoms with Gasteiger partial charge in [0.05, 0.1) is 6.42 Å². The number of carbonyl (C=O) groups excluding carboxylic acids is 1. The minimum atomic E-state index is -0.00815. The molecule has 126 valence electrons. The minimum absolute atomic E-state index is 0.00815. The number of hydrogen-bond donors (Lipinski definition) is 1. The Morgan fingerprint density at radius 3 is 2.52 bits per heavy atom. The lowest BCUT2D eigenvalue weighted by Crippen LogP contribution is -2.24. The fourth-order valence-corrected chi connectivity index (χ4v) is 2.38. The summed E-state index contributed by atoms with van der Waals surface area (Å²) < 4.78 is 5.71. The number of hydrogen-bond acceptors (Lipinski definition) is 3. The average Bonchev–Trinajstić information content (AvgIpc) is 2.63. The SMILES string of the molecule is Cc1ccc(CC(=O)NCc2ccnc(Oc3ccccc3)c2)cc1. The first-order chi connectivity index (χ1) is 12.2. The maximum Gasteiger partial charge on any atom is 0.224 e. The molecular formula is C21H20N2O2. The molecule has 2 aromatic carbocycles. The third kappa shape index (κ3) is 5.18. The van der Waals surface area contributed by atoms with Gasteiger partial charge >= 0.3 is 0 Å². The molecule has 1 amide bonds. The molecule has 1 heterocycles. The van der Waals surface area contributed by atoms with Crippen LogP contribution in [0.15, 0.2) is 72.9 Å². The molecule has 0 fully saturated rings. The molecule has 1 N–H and O–H groups in total. The maximum atomic E-state index is 12.1. The number of carbonyl (C=O) groups is 1. The summed E-state index contributed by atoms with van der Waals surface area (Å²) in [6.45, 7) is 2.47. The van der Waals surface area contributed by atoms with Crippen molar-refractivity contribution in [1.29, 1.82) is 0 Å². The molecule has 0 spiro atoms. The molecule has 0 aliphatic rings. The lowest BCUT2D eigenvalue weighted by Gasteiger charge is -2.08. The van der Waals surface area contributed by atoms with E-state index in [-0.39, 0.29) is 5.91 Å². The Morgan fingerprint density at radius 1 is 1.00 bits per heavy atom. The fraction of sp³-hybridized carbons (Fsp3) is 0.143. The first kappa shape index (κ1) is 16.7. The zero-order valence-electron chi connectivity index (χ0n) is 14.1. The summed E-state index contributed by atoms with van der Waals surface area (Å²) >= 11 is 0. The summed E-state index contributed by atoms with van der Waals surface area (Å²) in [5.41, 5.74) is 3.14. The molecule has 0 saturated carbocycles. The first-order valence-electron chi connectivity index (χ1n) is 8.19. The van der Waals surface area contributed by atoms with Crippen LogP contribution in [0.25, 0.3) is 0 Å². The zero-order chi connectivity index (χ0) is 17.5. The van der Waals surface area contributed by atoms with Gasteiger partial charge in [0.25, 0.3) is 0 Å². The van der Waals surface area contributed by atoms with Gasteiger partial charge in [-0.2, -0.15) is 0 Å². The van der Waals surface area contributed by atoms with Gasteiger partial charge in [0.1, 0.15) is 5.75 Å². The molecule has 3 aromatic rings. The summed E-state index contributed by atoms with van der Waals surface area (Å²) in [7, 11) is 0. The van der Waals surface area contributed by atoms with Crippen LogP contribution in [0.2, 0.25) is 0 Å². The van der Waals surface area contributed by atoms with Gasteiger partial charge in [-0.15, -0.1) is 0 Å². The van der Waals surface area contributed by atoms with E-state index >= 15 is 0 Å². The molecular weight excluding hydrogens is 312 g/mol. The number of ether oxygens (including phenoxy) is 1. The van der Waals surface area contributed by atoms with Gasteiger partial charge in [-0.3, -0.25) is 4.79 Å². The van der Waals surface area contributed by atoms with Crippen molar-refractivity contribution in [3.8, 4) is 11.6 Å². The predicted octanol–water partition coefficient (Wildman–Crippen LogP) is 4.04. The topological polar surface area (TPSA) is 51.2 Å². The van der Waals surface area contributed by atoms with E-state index in [0.717, 1.165) is 16.9 Å². The van der Waals surface area contributed by atoms with E-state index < -0.39 is 0 Å². The van der Waals surface area contributed by atoms with Crippen LogP contribution in [0.4, 0.5) is 0 Å². The highest BCUT2D eigenvalue weighted by atomic mass is 16.5. The highest BCUT2D eigenvalue weighted by molar-refractivity contribution is 5.78.